The van der Waals surface area contributed by atoms with Gasteiger partial charge in [0.15, 0.2) is 0 Å². The van der Waals surface area contributed by atoms with E-state index in [1.165, 1.54) is 6.07 Å². The van der Waals surface area contributed by atoms with E-state index in [9.17, 15) is 14.0 Å². The van der Waals surface area contributed by atoms with Crippen LogP contribution < -0.4 is 10.6 Å². The number of H-pyrrole nitrogens is 1. The van der Waals surface area contributed by atoms with E-state index < -0.39 is 5.82 Å². The first kappa shape index (κ1) is 21.5. The lowest BCUT2D eigenvalue weighted by Crippen LogP contribution is -2.28. The van der Waals surface area contributed by atoms with Crippen LogP contribution in [-0.2, 0) is 16.1 Å². The van der Waals surface area contributed by atoms with Crippen LogP contribution in [0.25, 0.3) is 11.6 Å². The molecule has 0 fully saturated rings. The predicted molar refractivity (Wildman–Crippen MR) is 119 cm³/mol. The third-order valence-electron chi connectivity index (χ3n) is 5.26. The van der Waals surface area contributed by atoms with Crippen molar-refractivity contribution in [1.29, 1.82) is 0 Å². The number of aromatic amines is 1. The summed E-state index contributed by atoms with van der Waals surface area (Å²) in [5.41, 5.74) is 4.24. The zero-order valence-corrected chi connectivity index (χ0v) is 17.8. The molecule has 3 N–H and O–H groups in total. The smallest absolute Gasteiger partial charge is 0.257 e. The van der Waals surface area contributed by atoms with Crippen LogP contribution in [0.2, 0.25) is 0 Å². The lowest BCUT2D eigenvalue weighted by atomic mass is 10.0. The van der Waals surface area contributed by atoms with Crippen LogP contribution in [0.4, 0.5) is 10.2 Å². The molecule has 2 amide bonds. The second-order valence-electron chi connectivity index (χ2n) is 7.52. The number of hydrogen-bond acceptors (Lipinski definition) is 4. The van der Waals surface area contributed by atoms with Gasteiger partial charge in [-0.25, -0.2) is 9.37 Å². The Balaban J connectivity index is 1.43. The van der Waals surface area contributed by atoms with Gasteiger partial charge >= 0.3 is 0 Å². The number of ether oxygens (including phenoxy) is 1. The van der Waals surface area contributed by atoms with Gasteiger partial charge in [0.2, 0.25) is 0 Å². The molecule has 164 valence electrons. The molecule has 0 saturated heterocycles. The molecule has 4 rings (SSSR count). The summed E-state index contributed by atoms with van der Waals surface area (Å²) in [7, 11) is 0. The number of fused-ring (bicyclic) bond motifs is 1. The number of amides is 2. The van der Waals surface area contributed by atoms with Crippen molar-refractivity contribution < 1.29 is 18.7 Å². The van der Waals surface area contributed by atoms with Gasteiger partial charge in [-0.05, 0) is 37.1 Å². The normalized spacial score (nSPS) is 13.8. The number of halogens is 1. The van der Waals surface area contributed by atoms with Crippen molar-refractivity contribution in [2.75, 3.05) is 18.5 Å². The SMILES string of the molecule is Cc1[nH]c(/C=C2\C(=O)Nc3ncc(F)cc32)c(C)c1C(=O)NCCOCc1ccccc1. The number of carbonyl (C=O) groups excluding carboxylic acids is 2. The van der Waals surface area contributed by atoms with Gasteiger partial charge in [-0.15, -0.1) is 0 Å². The first-order valence-corrected chi connectivity index (χ1v) is 10.2. The van der Waals surface area contributed by atoms with Crippen LogP contribution in [0.15, 0.2) is 42.6 Å². The number of hydrogen-bond donors (Lipinski definition) is 3. The minimum atomic E-state index is -0.528. The van der Waals surface area contributed by atoms with Crippen molar-refractivity contribution in [3.05, 3.63) is 82.1 Å². The molecule has 1 aliphatic rings. The fourth-order valence-electron chi connectivity index (χ4n) is 3.68. The van der Waals surface area contributed by atoms with Gasteiger partial charge in [0.1, 0.15) is 11.6 Å². The van der Waals surface area contributed by atoms with Crippen LogP contribution >= 0.6 is 0 Å². The van der Waals surface area contributed by atoms with Gasteiger partial charge in [0, 0.05) is 23.5 Å². The zero-order valence-electron chi connectivity index (χ0n) is 17.8. The second-order valence-corrected chi connectivity index (χ2v) is 7.52. The summed E-state index contributed by atoms with van der Waals surface area (Å²) in [4.78, 5) is 32.1. The fraction of sp³-hybridized carbons (Fsp3) is 0.208. The van der Waals surface area contributed by atoms with Gasteiger partial charge in [-0.3, -0.25) is 9.59 Å². The maximum absolute atomic E-state index is 13.6. The van der Waals surface area contributed by atoms with E-state index in [2.05, 4.69) is 20.6 Å². The molecule has 0 radical (unpaired) electrons. The van der Waals surface area contributed by atoms with Crippen molar-refractivity contribution in [3.63, 3.8) is 0 Å². The largest absolute Gasteiger partial charge is 0.375 e. The van der Waals surface area contributed by atoms with Crippen molar-refractivity contribution in [2.45, 2.75) is 20.5 Å². The van der Waals surface area contributed by atoms with Gasteiger partial charge in [0.25, 0.3) is 11.8 Å². The van der Waals surface area contributed by atoms with E-state index in [1.54, 1.807) is 19.9 Å². The number of anilines is 1. The molecule has 3 heterocycles. The van der Waals surface area contributed by atoms with Crippen LogP contribution in [0.3, 0.4) is 0 Å². The Morgan fingerprint density at radius 3 is 2.81 bits per heavy atom. The maximum atomic E-state index is 13.6. The van der Waals surface area contributed by atoms with Crippen molar-refractivity contribution in [2.24, 2.45) is 0 Å². The van der Waals surface area contributed by atoms with Crippen molar-refractivity contribution in [1.82, 2.24) is 15.3 Å². The van der Waals surface area contributed by atoms with E-state index in [0.717, 1.165) is 11.8 Å². The lowest BCUT2D eigenvalue weighted by Gasteiger charge is -2.07. The van der Waals surface area contributed by atoms with E-state index in [-0.39, 0.29) is 17.4 Å². The molecule has 0 unspecified atom stereocenters. The first-order chi connectivity index (χ1) is 15.4. The molecule has 0 spiro atoms. The summed E-state index contributed by atoms with van der Waals surface area (Å²) in [5, 5.41) is 5.48. The quantitative estimate of drug-likeness (QED) is 0.391. The van der Waals surface area contributed by atoms with Crippen LogP contribution in [0.1, 0.15) is 38.4 Å². The fourth-order valence-corrected chi connectivity index (χ4v) is 3.68. The van der Waals surface area contributed by atoms with E-state index >= 15 is 0 Å². The van der Waals surface area contributed by atoms with Gasteiger partial charge in [-0.2, -0.15) is 0 Å². The Kier molecular flexibility index (Phi) is 6.13. The molecule has 7 nitrogen and oxygen atoms in total. The molecule has 0 aliphatic carbocycles. The summed E-state index contributed by atoms with van der Waals surface area (Å²) in [6.07, 6.45) is 2.67. The minimum absolute atomic E-state index is 0.229. The molecule has 8 heteroatoms. The number of pyridine rings is 1. The van der Waals surface area contributed by atoms with Gasteiger partial charge < -0.3 is 20.4 Å². The Labute approximate surface area is 184 Å². The highest BCUT2D eigenvalue weighted by molar-refractivity contribution is 6.34. The van der Waals surface area contributed by atoms with Crippen molar-refractivity contribution >= 4 is 29.3 Å². The maximum Gasteiger partial charge on any atom is 0.257 e. The Morgan fingerprint density at radius 2 is 2.03 bits per heavy atom. The second kappa shape index (κ2) is 9.15. The molecule has 3 aromatic rings. The average molecular weight is 434 g/mol. The molecule has 0 saturated carbocycles. The topological polar surface area (TPSA) is 96.1 Å². The van der Waals surface area contributed by atoms with Crippen LogP contribution in [0, 0.1) is 19.7 Å². The summed E-state index contributed by atoms with van der Waals surface area (Å²) < 4.78 is 19.2. The van der Waals surface area contributed by atoms with E-state index in [1.807, 2.05) is 30.3 Å². The number of nitrogens with zero attached hydrogens (tertiary/aromatic N) is 1. The van der Waals surface area contributed by atoms with Gasteiger partial charge in [0.05, 0.1) is 30.5 Å². The summed E-state index contributed by atoms with van der Waals surface area (Å²) in [6, 6.07) is 11.1. The number of nitrogens with one attached hydrogen (secondary N) is 3. The molecule has 1 aromatic carbocycles. The summed E-state index contributed by atoms with van der Waals surface area (Å²) >= 11 is 0. The molecular formula is C24H23FN4O3. The average Bonchev–Trinajstić information content (AvgIpc) is 3.23. The molecule has 0 bridgehead atoms. The number of aryl methyl sites for hydroxylation is 1. The number of rotatable bonds is 7. The Hall–Kier alpha value is -3.78. The highest BCUT2D eigenvalue weighted by atomic mass is 19.1. The minimum Gasteiger partial charge on any atom is -0.375 e. The number of aromatic nitrogens is 2. The molecule has 32 heavy (non-hydrogen) atoms. The number of benzene rings is 1. The van der Waals surface area contributed by atoms with Crippen molar-refractivity contribution in [3.8, 4) is 0 Å². The zero-order chi connectivity index (χ0) is 22.7. The third kappa shape index (κ3) is 4.45. The molecule has 1 aliphatic heterocycles. The predicted octanol–water partition coefficient (Wildman–Crippen LogP) is 3.60. The first-order valence-electron chi connectivity index (χ1n) is 10.2. The lowest BCUT2D eigenvalue weighted by molar-refractivity contribution is -0.110. The van der Waals surface area contributed by atoms with E-state index in [0.29, 0.717) is 53.7 Å². The molecular weight excluding hydrogens is 411 g/mol. The highest BCUT2D eigenvalue weighted by Gasteiger charge is 2.27. The van der Waals surface area contributed by atoms with E-state index in [4.69, 9.17) is 4.74 Å². The van der Waals surface area contributed by atoms with Crippen LogP contribution in [-0.4, -0.2) is 34.9 Å². The monoisotopic (exact) mass is 434 g/mol. The molecule has 0 atom stereocenters. The van der Waals surface area contributed by atoms with Crippen LogP contribution in [0.5, 0.6) is 0 Å². The summed E-state index contributed by atoms with van der Waals surface area (Å²) in [5.74, 6) is -0.809. The van der Waals surface area contributed by atoms with Gasteiger partial charge in [-0.1, -0.05) is 30.3 Å². The number of carbonyl (C=O) groups is 2. The Bertz CT molecular complexity index is 1200. The third-order valence-corrected chi connectivity index (χ3v) is 5.26. The standard InChI is InChI=1S/C24H23FN4O3/c1-14-20(11-19-18-10-17(25)12-27-22(18)29-23(19)30)28-15(2)21(14)24(31)26-8-9-32-13-16-6-4-3-5-7-16/h3-7,10-12,28H,8-9,13H2,1-2H3,(H,26,31)(H,27,29,30)/b19-11-. The summed E-state index contributed by atoms with van der Waals surface area (Å²) in [6.45, 7) is 4.83. The Morgan fingerprint density at radius 1 is 1.25 bits per heavy atom. The highest BCUT2D eigenvalue weighted by Crippen LogP contribution is 2.32. The molecule has 2 aromatic heterocycles.